The lowest BCUT2D eigenvalue weighted by atomic mass is 10.2. The number of anilines is 3. The van der Waals surface area contributed by atoms with Gasteiger partial charge in [-0.3, -0.25) is 14.6 Å². The van der Waals surface area contributed by atoms with E-state index in [0.717, 1.165) is 29.9 Å². The Bertz CT molecular complexity index is 1260. The number of nitrogens with one attached hydrogen (secondary N) is 2. The van der Waals surface area contributed by atoms with Crippen LogP contribution in [0.3, 0.4) is 0 Å². The van der Waals surface area contributed by atoms with Gasteiger partial charge in [0.25, 0.3) is 0 Å². The number of ether oxygens (including phenoxy) is 1. The molecular formula is C24H28FN7O3. The summed E-state index contributed by atoms with van der Waals surface area (Å²) < 4.78 is 20.3. The Balaban J connectivity index is 1.18. The minimum atomic E-state index is -0.547. The van der Waals surface area contributed by atoms with Gasteiger partial charge in [-0.2, -0.15) is 0 Å². The average Bonchev–Trinajstić information content (AvgIpc) is 3.40. The van der Waals surface area contributed by atoms with Crippen molar-refractivity contribution in [2.75, 3.05) is 54.8 Å². The number of hydrogen-bond acceptors (Lipinski definition) is 7. The van der Waals surface area contributed by atoms with Crippen LogP contribution in [-0.2, 0) is 16.1 Å². The molecule has 0 saturated carbocycles. The summed E-state index contributed by atoms with van der Waals surface area (Å²) in [6.07, 6.45) is -1.01. The molecule has 3 heterocycles. The first-order valence-electron chi connectivity index (χ1n) is 11.6. The van der Waals surface area contributed by atoms with Gasteiger partial charge in [-0.1, -0.05) is 0 Å². The molecule has 2 amide bonds. The average molecular weight is 482 g/mol. The van der Waals surface area contributed by atoms with Gasteiger partial charge in [-0.05, 0) is 36.4 Å². The van der Waals surface area contributed by atoms with Gasteiger partial charge < -0.3 is 25.7 Å². The Labute approximate surface area is 201 Å². The van der Waals surface area contributed by atoms with E-state index in [1.807, 2.05) is 23.1 Å². The zero-order valence-electron chi connectivity index (χ0n) is 19.5. The zero-order valence-corrected chi connectivity index (χ0v) is 19.5. The van der Waals surface area contributed by atoms with Crippen molar-refractivity contribution in [2.45, 2.75) is 19.6 Å². The number of aromatic nitrogens is 2. The van der Waals surface area contributed by atoms with Crippen LogP contribution < -0.4 is 20.9 Å². The highest BCUT2D eigenvalue weighted by atomic mass is 19.1. The Kier molecular flexibility index (Phi) is 6.16. The maximum absolute atomic E-state index is 15.0. The molecule has 0 unspecified atom stereocenters. The van der Waals surface area contributed by atoms with E-state index in [1.165, 1.54) is 17.9 Å². The molecule has 2 saturated heterocycles. The van der Waals surface area contributed by atoms with Crippen molar-refractivity contribution >= 4 is 40.1 Å². The number of carbonyl (C=O) groups excluding carboxylic acids is 2. The van der Waals surface area contributed by atoms with Crippen molar-refractivity contribution in [2.24, 2.45) is 0 Å². The number of nitrogens with two attached hydrogens (primary N) is 1. The number of halogens is 1. The number of nitrogen functional groups attached to an aromatic ring is 1. The van der Waals surface area contributed by atoms with Crippen LogP contribution in [0.4, 0.5) is 26.2 Å². The minimum absolute atomic E-state index is 0.197. The first kappa shape index (κ1) is 22.9. The number of rotatable bonds is 6. The molecule has 10 nitrogen and oxygen atoms in total. The van der Waals surface area contributed by atoms with Crippen LogP contribution in [0.1, 0.15) is 12.7 Å². The van der Waals surface area contributed by atoms with Crippen LogP contribution in [-0.4, -0.2) is 72.2 Å². The highest BCUT2D eigenvalue weighted by molar-refractivity contribution is 5.90. The second-order valence-corrected chi connectivity index (χ2v) is 8.91. The number of benzene rings is 2. The third-order valence-corrected chi connectivity index (χ3v) is 6.34. The Morgan fingerprint density at radius 2 is 2.03 bits per heavy atom. The number of amides is 2. The summed E-state index contributed by atoms with van der Waals surface area (Å²) >= 11 is 0. The third kappa shape index (κ3) is 4.99. The van der Waals surface area contributed by atoms with E-state index in [1.54, 1.807) is 12.1 Å². The van der Waals surface area contributed by atoms with Gasteiger partial charge >= 0.3 is 6.09 Å². The van der Waals surface area contributed by atoms with Crippen molar-refractivity contribution in [1.29, 1.82) is 0 Å². The van der Waals surface area contributed by atoms with Gasteiger partial charge in [-0.25, -0.2) is 14.2 Å². The lowest BCUT2D eigenvalue weighted by Gasteiger charge is -2.36. The van der Waals surface area contributed by atoms with Crippen LogP contribution >= 0.6 is 0 Å². The van der Waals surface area contributed by atoms with E-state index in [9.17, 15) is 9.59 Å². The van der Waals surface area contributed by atoms with Crippen molar-refractivity contribution in [3.05, 3.63) is 48.0 Å². The van der Waals surface area contributed by atoms with Crippen LogP contribution in [0, 0.1) is 5.82 Å². The Morgan fingerprint density at radius 1 is 1.23 bits per heavy atom. The fourth-order valence-corrected chi connectivity index (χ4v) is 4.53. The second-order valence-electron chi connectivity index (χ2n) is 8.91. The van der Waals surface area contributed by atoms with E-state index >= 15 is 4.39 Å². The number of hydrogen-bond donors (Lipinski definition) is 3. The molecule has 3 aromatic rings. The summed E-state index contributed by atoms with van der Waals surface area (Å²) in [4.78, 5) is 36.9. The van der Waals surface area contributed by atoms with E-state index in [-0.39, 0.29) is 24.8 Å². The minimum Gasteiger partial charge on any atom is -0.442 e. The highest BCUT2D eigenvalue weighted by Crippen LogP contribution is 2.28. The Morgan fingerprint density at radius 3 is 2.77 bits per heavy atom. The normalized spacial score (nSPS) is 18.8. The molecule has 5 rings (SSSR count). The molecule has 2 aliphatic heterocycles. The summed E-state index contributed by atoms with van der Waals surface area (Å²) in [5.41, 5.74) is 9.29. The summed E-state index contributed by atoms with van der Waals surface area (Å²) in [6, 6.07) is 10.4. The Hall–Kier alpha value is -3.86. The lowest BCUT2D eigenvalue weighted by Crippen LogP contribution is -2.46. The highest BCUT2D eigenvalue weighted by Gasteiger charge is 2.33. The number of fused-ring (bicyclic) bond motifs is 1. The van der Waals surface area contributed by atoms with Gasteiger partial charge in [0.1, 0.15) is 17.7 Å². The van der Waals surface area contributed by atoms with Gasteiger partial charge in [0.15, 0.2) is 0 Å². The third-order valence-electron chi connectivity index (χ3n) is 6.34. The van der Waals surface area contributed by atoms with Crippen molar-refractivity contribution < 1.29 is 18.7 Å². The van der Waals surface area contributed by atoms with Crippen LogP contribution in [0.25, 0.3) is 11.0 Å². The smallest absolute Gasteiger partial charge is 0.414 e. The standard InChI is InChI=1S/C24H28FN7O3/c1-15(33)27-12-18-13-32(24(34)35-18)17-3-5-22(19(25)11-17)31-8-6-30(7-9-31)14-23-28-20-4-2-16(26)10-21(20)29-23/h2-5,10-11,18H,6-9,12-14,26H2,1H3,(H,27,33)(H,28,29)/t18-/m0/s1. The predicted molar refractivity (Wildman–Crippen MR) is 131 cm³/mol. The molecule has 1 aromatic heterocycles. The van der Waals surface area contributed by atoms with Gasteiger partial charge in [0, 0.05) is 38.8 Å². The van der Waals surface area contributed by atoms with Gasteiger partial charge in [0.05, 0.1) is 42.0 Å². The van der Waals surface area contributed by atoms with Crippen LogP contribution in [0.15, 0.2) is 36.4 Å². The fourth-order valence-electron chi connectivity index (χ4n) is 4.53. The van der Waals surface area contributed by atoms with Crippen molar-refractivity contribution in [3.63, 3.8) is 0 Å². The first-order chi connectivity index (χ1) is 16.9. The number of H-pyrrole nitrogens is 1. The first-order valence-corrected chi connectivity index (χ1v) is 11.6. The monoisotopic (exact) mass is 481 g/mol. The molecular weight excluding hydrogens is 453 g/mol. The number of carbonyl (C=O) groups is 2. The molecule has 0 spiro atoms. The maximum Gasteiger partial charge on any atom is 0.414 e. The quantitative estimate of drug-likeness (QED) is 0.461. The van der Waals surface area contributed by atoms with Crippen molar-refractivity contribution in [1.82, 2.24) is 20.2 Å². The number of piperazine rings is 1. The zero-order chi connectivity index (χ0) is 24.5. The molecule has 0 radical (unpaired) electrons. The van der Waals surface area contributed by atoms with Gasteiger partial charge in [0.2, 0.25) is 5.91 Å². The van der Waals surface area contributed by atoms with Crippen molar-refractivity contribution in [3.8, 4) is 0 Å². The summed E-state index contributed by atoms with van der Waals surface area (Å²) in [5.74, 6) is 0.297. The molecule has 35 heavy (non-hydrogen) atoms. The lowest BCUT2D eigenvalue weighted by molar-refractivity contribution is -0.119. The molecule has 2 aliphatic rings. The molecule has 1 atom stereocenters. The second kappa shape index (κ2) is 9.41. The summed E-state index contributed by atoms with van der Waals surface area (Å²) in [7, 11) is 0. The molecule has 4 N–H and O–H groups in total. The topological polar surface area (TPSA) is 120 Å². The molecule has 2 fully saturated rings. The summed E-state index contributed by atoms with van der Waals surface area (Å²) in [6.45, 7) is 5.45. The number of imidazole rings is 1. The molecule has 184 valence electrons. The number of aromatic amines is 1. The largest absolute Gasteiger partial charge is 0.442 e. The van der Waals surface area contributed by atoms with E-state index < -0.39 is 12.2 Å². The van der Waals surface area contributed by atoms with E-state index in [2.05, 4.69) is 20.2 Å². The van der Waals surface area contributed by atoms with Gasteiger partial charge in [-0.15, -0.1) is 0 Å². The SMILES string of the molecule is CC(=O)NC[C@H]1CN(c2ccc(N3CCN(Cc4nc5ccc(N)cc5[nH]4)CC3)c(F)c2)C(=O)O1. The van der Waals surface area contributed by atoms with Crippen LogP contribution in [0.5, 0.6) is 0 Å². The van der Waals surface area contributed by atoms with Crippen LogP contribution in [0.2, 0.25) is 0 Å². The fraction of sp³-hybridized carbons (Fsp3) is 0.375. The summed E-state index contributed by atoms with van der Waals surface area (Å²) in [5, 5.41) is 2.63. The van der Waals surface area contributed by atoms with E-state index in [4.69, 9.17) is 10.5 Å². The predicted octanol–water partition coefficient (Wildman–Crippen LogP) is 2.07. The maximum atomic E-state index is 15.0. The van der Waals surface area contributed by atoms with E-state index in [0.29, 0.717) is 36.7 Å². The number of nitrogens with zero attached hydrogens (tertiary/aromatic N) is 4. The molecule has 0 bridgehead atoms. The number of cyclic esters (lactones) is 1. The molecule has 11 heteroatoms. The molecule has 0 aliphatic carbocycles. The molecule has 2 aromatic carbocycles.